The van der Waals surface area contributed by atoms with E-state index in [0.717, 1.165) is 4.70 Å². The molecule has 0 saturated carbocycles. The van der Waals surface area contributed by atoms with Crippen LogP contribution in [0.5, 0.6) is 5.75 Å². The lowest BCUT2D eigenvalue weighted by Crippen LogP contribution is -1.98. The number of carbonyl (C=O) groups is 1. The Morgan fingerprint density at radius 1 is 1.35 bits per heavy atom. The summed E-state index contributed by atoms with van der Waals surface area (Å²) in [6.07, 6.45) is 0.759. The van der Waals surface area contributed by atoms with Crippen LogP contribution in [0, 0.1) is 10.1 Å². The van der Waals surface area contributed by atoms with Crippen LogP contribution in [0.15, 0.2) is 30.5 Å². The zero-order chi connectivity index (χ0) is 17.0. The smallest absolute Gasteiger partial charge is 0.311 e. The Labute approximate surface area is 137 Å². The topological polar surface area (TPSA) is 78.7 Å². The van der Waals surface area contributed by atoms with Gasteiger partial charge in [-0.15, -0.1) is 11.3 Å². The molecule has 1 heterocycles. The Hall–Kier alpha value is -2.41. The van der Waals surface area contributed by atoms with Crippen molar-refractivity contribution in [2.75, 3.05) is 13.7 Å². The minimum Gasteiger partial charge on any atom is -0.499 e. The third-order valence-corrected chi connectivity index (χ3v) is 4.41. The van der Waals surface area contributed by atoms with E-state index in [1.54, 1.807) is 12.1 Å². The summed E-state index contributed by atoms with van der Waals surface area (Å²) >= 11 is 1.30. The fourth-order valence-electron chi connectivity index (χ4n) is 2.15. The van der Waals surface area contributed by atoms with Crippen LogP contribution in [0.4, 0.5) is 5.69 Å². The fraction of sp³-hybridized carbons (Fsp3) is 0.312. The van der Waals surface area contributed by atoms with Gasteiger partial charge in [-0.2, -0.15) is 0 Å². The van der Waals surface area contributed by atoms with Gasteiger partial charge in [-0.3, -0.25) is 14.9 Å². The van der Waals surface area contributed by atoms with Gasteiger partial charge in [-0.25, -0.2) is 0 Å². The second-order valence-electron chi connectivity index (χ2n) is 4.82. The summed E-state index contributed by atoms with van der Waals surface area (Å²) in [7, 11) is 1.38. The highest BCUT2D eigenvalue weighted by molar-refractivity contribution is 7.20. The Kier molecular flexibility index (Phi) is 5.33. The molecule has 0 aliphatic heterocycles. The number of fused-ring (bicyclic) bond motifs is 1. The number of ketones is 1. The van der Waals surface area contributed by atoms with Crippen molar-refractivity contribution >= 4 is 32.9 Å². The highest BCUT2D eigenvalue weighted by Gasteiger charge is 2.19. The molecular weight excluding hydrogens is 318 g/mol. The lowest BCUT2D eigenvalue weighted by Gasteiger charge is -2.04. The first kappa shape index (κ1) is 17.0. The van der Waals surface area contributed by atoms with Gasteiger partial charge < -0.3 is 9.47 Å². The molecule has 6 nitrogen and oxygen atoms in total. The molecule has 0 unspecified atom stereocenters. The monoisotopic (exact) mass is 335 g/mol. The van der Waals surface area contributed by atoms with Crippen molar-refractivity contribution in [3.8, 4) is 5.75 Å². The Morgan fingerprint density at radius 3 is 2.70 bits per heavy atom. The van der Waals surface area contributed by atoms with E-state index >= 15 is 0 Å². The summed E-state index contributed by atoms with van der Waals surface area (Å²) < 4.78 is 11.0. The number of nitro benzene ring substituents is 1. The van der Waals surface area contributed by atoms with Crippen LogP contribution in [0.2, 0.25) is 0 Å². The summed E-state index contributed by atoms with van der Waals surface area (Å²) in [5.74, 6) is 0.737. The van der Waals surface area contributed by atoms with Crippen molar-refractivity contribution in [2.24, 2.45) is 0 Å². The Bertz CT molecular complexity index is 765. The lowest BCUT2D eigenvalue weighted by atomic mass is 10.1. The number of allylic oxidation sites excluding steroid dienone is 1. The largest absolute Gasteiger partial charge is 0.499 e. The summed E-state index contributed by atoms with van der Waals surface area (Å²) in [4.78, 5) is 23.4. The third-order valence-electron chi connectivity index (χ3n) is 3.27. The van der Waals surface area contributed by atoms with Crippen molar-refractivity contribution < 1.29 is 19.2 Å². The maximum absolute atomic E-state index is 12.2. The molecule has 0 saturated heterocycles. The van der Waals surface area contributed by atoms with E-state index in [9.17, 15) is 14.9 Å². The molecule has 0 aliphatic rings. The van der Waals surface area contributed by atoms with E-state index in [4.69, 9.17) is 9.47 Å². The van der Waals surface area contributed by atoms with Crippen LogP contribution in [0.3, 0.4) is 0 Å². The molecule has 0 spiro atoms. The maximum Gasteiger partial charge on any atom is 0.311 e. The molecule has 23 heavy (non-hydrogen) atoms. The summed E-state index contributed by atoms with van der Waals surface area (Å²) in [5, 5.41) is 11.7. The number of nitrogens with zero attached hydrogens (tertiary/aromatic N) is 1. The minimum atomic E-state index is -0.497. The average molecular weight is 335 g/mol. The van der Waals surface area contributed by atoms with E-state index in [1.165, 1.54) is 24.5 Å². The van der Waals surface area contributed by atoms with Crippen molar-refractivity contribution in [1.82, 2.24) is 0 Å². The van der Waals surface area contributed by atoms with Gasteiger partial charge >= 0.3 is 5.69 Å². The van der Waals surface area contributed by atoms with Crippen molar-refractivity contribution in [3.05, 3.63) is 45.5 Å². The molecule has 122 valence electrons. The molecule has 0 amide bonds. The van der Waals surface area contributed by atoms with Crippen LogP contribution in [0.1, 0.15) is 29.4 Å². The van der Waals surface area contributed by atoms with Gasteiger partial charge in [0.1, 0.15) is 0 Å². The Balaban J connectivity index is 2.24. The number of rotatable bonds is 8. The normalized spacial score (nSPS) is 10.5. The number of methoxy groups -OCH3 is 1. The number of Topliss-reactive ketones (excluding diaryl/α,β-unsaturated/α-hetero) is 1. The first-order chi connectivity index (χ1) is 11.0. The van der Waals surface area contributed by atoms with Crippen LogP contribution in [-0.2, 0) is 4.74 Å². The zero-order valence-corrected chi connectivity index (χ0v) is 13.8. The molecule has 0 atom stereocenters. The molecule has 0 N–H and O–H groups in total. The van der Waals surface area contributed by atoms with E-state index in [0.29, 0.717) is 35.5 Å². The maximum atomic E-state index is 12.2. The van der Waals surface area contributed by atoms with E-state index in [-0.39, 0.29) is 17.2 Å². The quantitative estimate of drug-likeness (QED) is 0.310. The first-order valence-electron chi connectivity index (χ1n) is 7.06. The first-order valence-corrected chi connectivity index (χ1v) is 7.87. The van der Waals surface area contributed by atoms with Gasteiger partial charge in [0, 0.05) is 35.1 Å². The SMILES string of the molecule is C=C(CCC(=O)c1cc2cc([N+](=O)[O-])c(OC)cc2s1)OCC. The van der Waals surface area contributed by atoms with Crippen molar-refractivity contribution in [2.45, 2.75) is 19.8 Å². The molecule has 0 radical (unpaired) electrons. The molecule has 0 aliphatic carbocycles. The number of nitro groups is 1. The van der Waals surface area contributed by atoms with Crippen molar-refractivity contribution in [3.63, 3.8) is 0 Å². The molecule has 2 aromatic rings. The highest BCUT2D eigenvalue weighted by atomic mass is 32.1. The summed E-state index contributed by atoms with van der Waals surface area (Å²) in [6, 6.07) is 4.70. The molecular formula is C16H17NO5S. The minimum absolute atomic E-state index is 0.0336. The average Bonchev–Trinajstić information content (AvgIpc) is 2.94. The van der Waals surface area contributed by atoms with E-state index in [1.807, 2.05) is 6.92 Å². The second kappa shape index (κ2) is 7.23. The zero-order valence-electron chi connectivity index (χ0n) is 13.0. The molecule has 1 aromatic heterocycles. The van der Waals surface area contributed by atoms with Crippen molar-refractivity contribution in [1.29, 1.82) is 0 Å². The second-order valence-corrected chi connectivity index (χ2v) is 5.91. The van der Waals surface area contributed by atoms with Crippen LogP contribution < -0.4 is 4.74 Å². The predicted molar refractivity (Wildman–Crippen MR) is 89.4 cm³/mol. The number of hydrogen-bond donors (Lipinski definition) is 0. The van der Waals surface area contributed by atoms with Gasteiger partial charge in [-0.05, 0) is 13.0 Å². The van der Waals surface area contributed by atoms with E-state index in [2.05, 4.69) is 6.58 Å². The highest BCUT2D eigenvalue weighted by Crippen LogP contribution is 2.36. The van der Waals surface area contributed by atoms with Gasteiger partial charge in [-0.1, -0.05) is 6.58 Å². The number of carbonyl (C=O) groups excluding carboxylic acids is 1. The summed E-state index contributed by atoms with van der Waals surface area (Å²) in [5.41, 5.74) is -0.110. The van der Waals surface area contributed by atoms with Crippen LogP contribution in [-0.4, -0.2) is 24.4 Å². The number of ether oxygens (including phenoxy) is 2. The number of hydrogen-bond acceptors (Lipinski definition) is 6. The number of thiophene rings is 1. The van der Waals surface area contributed by atoms with Crippen LogP contribution in [0.25, 0.3) is 10.1 Å². The standard InChI is InChI=1S/C16H17NO5S/c1-4-22-10(2)5-6-13(18)16-8-11-7-12(17(19)20)14(21-3)9-15(11)23-16/h7-9H,2,4-6H2,1,3H3. The number of benzene rings is 1. The fourth-order valence-corrected chi connectivity index (χ4v) is 3.19. The van der Waals surface area contributed by atoms with Gasteiger partial charge in [0.2, 0.25) is 0 Å². The molecule has 2 rings (SSSR count). The molecule has 0 bridgehead atoms. The van der Waals surface area contributed by atoms with Gasteiger partial charge in [0.25, 0.3) is 0 Å². The molecule has 7 heteroatoms. The molecule has 1 aromatic carbocycles. The Morgan fingerprint density at radius 2 is 2.09 bits per heavy atom. The van der Waals surface area contributed by atoms with Crippen LogP contribution >= 0.6 is 11.3 Å². The van der Waals surface area contributed by atoms with Gasteiger partial charge in [0.15, 0.2) is 11.5 Å². The summed E-state index contributed by atoms with van der Waals surface area (Å²) in [6.45, 7) is 6.13. The molecule has 0 fully saturated rings. The van der Waals surface area contributed by atoms with E-state index < -0.39 is 4.92 Å². The van der Waals surface area contributed by atoms with Gasteiger partial charge in [0.05, 0.1) is 29.3 Å². The third kappa shape index (κ3) is 3.87. The predicted octanol–water partition coefficient (Wildman–Crippen LogP) is 4.33. The lowest BCUT2D eigenvalue weighted by molar-refractivity contribution is -0.385.